The molecule has 2 saturated heterocycles. The third-order valence-electron chi connectivity index (χ3n) is 6.36. The molecule has 154 valence electrons. The fourth-order valence-corrected chi connectivity index (χ4v) is 5.32. The third-order valence-corrected chi connectivity index (χ3v) is 7.47. The number of aromatic nitrogens is 2. The van der Waals surface area contributed by atoms with Crippen LogP contribution in [0.4, 0.5) is 5.82 Å². The van der Waals surface area contributed by atoms with Crippen molar-refractivity contribution in [2.75, 3.05) is 58.2 Å². The van der Waals surface area contributed by atoms with E-state index in [2.05, 4.69) is 47.8 Å². The molecule has 0 amide bonds. The zero-order chi connectivity index (χ0) is 19.7. The highest BCUT2D eigenvalue weighted by Crippen LogP contribution is 2.33. The Kier molecular flexibility index (Phi) is 6.16. The summed E-state index contributed by atoms with van der Waals surface area (Å²) in [5.74, 6) is 1.99. The van der Waals surface area contributed by atoms with E-state index in [1.54, 1.807) is 11.3 Å². The van der Waals surface area contributed by atoms with E-state index in [9.17, 15) is 0 Å². The van der Waals surface area contributed by atoms with E-state index in [-0.39, 0.29) is 0 Å². The summed E-state index contributed by atoms with van der Waals surface area (Å²) in [7, 11) is 2.21. The number of anilines is 1. The van der Waals surface area contributed by atoms with E-state index >= 15 is 0 Å². The molecule has 28 heavy (non-hydrogen) atoms. The number of nitrogens with one attached hydrogen (secondary N) is 1. The average molecular weight is 403 g/mol. The van der Waals surface area contributed by atoms with E-state index in [1.807, 2.05) is 0 Å². The van der Waals surface area contributed by atoms with Gasteiger partial charge >= 0.3 is 0 Å². The molecule has 0 aliphatic carbocycles. The van der Waals surface area contributed by atoms with Gasteiger partial charge in [0.2, 0.25) is 0 Å². The molecule has 2 aliphatic heterocycles. The van der Waals surface area contributed by atoms with Gasteiger partial charge in [0.1, 0.15) is 16.5 Å². The van der Waals surface area contributed by atoms with Crippen LogP contribution in [0.5, 0.6) is 0 Å². The predicted molar refractivity (Wildman–Crippen MR) is 118 cm³/mol. The number of likely N-dealkylation sites (tertiary alicyclic amines) is 1. The molecule has 1 unspecified atom stereocenters. The van der Waals surface area contributed by atoms with Crippen LogP contribution in [-0.4, -0.2) is 83.6 Å². The lowest BCUT2D eigenvalue weighted by Gasteiger charge is -2.36. The molecule has 4 heterocycles. The minimum absolute atomic E-state index is 0.501. The highest BCUT2D eigenvalue weighted by atomic mass is 32.1. The quantitative estimate of drug-likeness (QED) is 0.802. The number of piperazine rings is 1. The molecular formula is C21H34N6S. The minimum Gasteiger partial charge on any atom is -0.368 e. The van der Waals surface area contributed by atoms with Crippen molar-refractivity contribution in [3.05, 3.63) is 16.3 Å². The van der Waals surface area contributed by atoms with Gasteiger partial charge in [0.25, 0.3) is 0 Å². The topological polar surface area (TPSA) is 47.5 Å². The summed E-state index contributed by atoms with van der Waals surface area (Å²) in [6, 6.07) is 0.501. The maximum Gasteiger partial charge on any atom is 0.146 e. The summed E-state index contributed by atoms with van der Waals surface area (Å²) in [5.41, 5.74) is 1.32. The first-order valence-corrected chi connectivity index (χ1v) is 11.5. The lowest BCUT2D eigenvalue weighted by atomic mass is 10.2. The SMILES string of the molecule is Cc1sc2nc(CN3CCCC3)nc(NCC(C)N3CCN(C)CC3)c2c1C. The zero-order valence-electron chi connectivity index (χ0n) is 17.8. The van der Waals surface area contributed by atoms with Crippen molar-refractivity contribution in [3.63, 3.8) is 0 Å². The Hall–Kier alpha value is -1.28. The number of nitrogens with zero attached hydrogens (tertiary/aromatic N) is 5. The van der Waals surface area contributed by atoms with Gasteiger partial charge in [-0.1, -0.05) is 0 Å². The molecule has 0 aromatic carbocycles. The van der Waals surface area contributed by atoms with Gasteiger partial charge in [-0.2, -0.15) is 0 Å². The Balaban J connectivity index is 1.52. The van der Waals surface area contributed by atoms with Crippen LogP contribution in [0.15, 0.2) is 0 Å². The zero-order valence-corrected chi connectivity index (χ0v) is 18.6. The molecule has 2 aromatic rings. The molecule has 1 N–H and O–H groups in total. The molecular weight excluding hydrogens is 368 g/mol. The monoisotopic (exact) mass is 402 g/mol. The van der Waals surface area contributed by atoms with Gasteiger partial charge in [-0.05, 0) is 59.3 Å². The second kappa shape index (κ2) is 8.61. The fourth-order valence-electron chi connectivity index (χ4n) is 4.27. The Morgan fingerprint density at radius 2 is 1.75 bits per heavy atom. The Morgan fingerprint density at radius 3 is 2.46 bits per heavy atom. The Morgan fingerprint density at radius 1 is 1.04 bits per heavy atom. The molecule has 2 aliphatic rings. The van der Waals surface area contributed by atoms with E-state index in [1.165, 1.54) is 41.8 Å². The number of aryl methyl sites for hydroxylation is 2. The van der Waals surface area contributed by atoms with Crippen LogP contribution < -0.4 is 5.32 Å². The summed E-state index contributed by atoms with van der Waals surface area (Å²) in [6.07, 6.45) is 2.60. The summed E-state index contributed by atoms with van der Waals surface area (Å²) in [6.45, 7) is 15.5. The molecule has 0 saturated carbocycles. The third kappa shape index (κ3) is 4.32. The summed E-state index contributed by atoms with van der Waals surface area (Å²) >= 11 is 1.80. The molecule has 2 fully saturated rings. The van der Waals surface area contributed by atoms with Crippen molar-refractivity contribution >= 4 is 27.4 Å². The van der Waals surface area contributed by atoms with Gasteiger partial charge in [-0.3, -0.25) is 9.80 Å². The van der Waals surface area contributed by atoms with Crippen LogP contribution in [0.1, 0.15) is 36.0 Å². The largest absolute Gasteiger partial charge is 0.368 e. The van der Waals surface area contributed by atoms with Crippen LogP contribution in [0, 0.1) is 13.8 Å². The molecule has 1 atom stereocenters. The lowest BCUT2D eigenvalue weighted by molar-refractivity contribution is 0.123. The highest BCUT2D eigenvalue weighted by molar-refractivity contribution is 7.18. The second-order valence-corrected chi connectivity index (χ2v) is 9.71. The highest BCUT2D eigenvalue weighted by Gasteiger charge is 2.21. The number of likely N-dealkylation sites (N-methyl/N-ethyl adjacent to an activating group) is 1. The van der Waals surface area contributed by atoms with Gasteiger partial charge in [-0.15, -0.1) is 11.3 Å². The van der Waals surface area contributed by atoms with Crippen LogP contribution in [0.3, 0.4) is 0 Å². The molecule has 2 aromatic heterocycles. The van der Waals surface area contributed by atoms with Crippen molar-refractivity contribution in [1.82, 2.24) is 24.7 Å². The maximum atomic E-state index is 4.98. The van der Waals surface area contributed by atoms with Crippen LogP contribution in [-0.2, 0) is 6.54 Å². The standard InChI is InChI=1S/C21H34N6S/c1-15(27-11-9-25(4)10-12-27)13-22-20-19-16(2)17(3)28-21(19)24-18(23-20)14-26-7-5-6-8-26/h15H,5-14H2,1-4H3,(H,22,23,24). The minimum atomic E-state index is 0.501. The molecule has 0 bridgehead atoms. The van der Waals surface area contributed by atoms with Gasteiger partial charge in [0.05, 0.1) is 11.9 Å². The normalized spacial score (nSPS) is 20.9. The first-order valence-electron chi connectivity index (χ1n) is 10.7. The van der Waals surface area contributed by atoms with Crippen molar-refractivity contribution in [2.45, 2.75) is 46.2 Å². The van der Waals surface area contributed by atoms with Crippen molar-refractivity contribution in [2.24, 2.45) is 0 Å². The number of hydrogen-bond donors (Lipinski definition) is 1. The van der Waals surface area contributed by atoms with Crippen molar-refractivity contribution in [3.8, 4) is 0 Å². The first-order chi connectivity index (χ1) is 13.5. The molecule has 0 radical (unpaired) electrons. The van der Waals surface area contributed by atoms with Crippen LogP contribution >= 0.6 is 11.3 Å². The average Bonchev–Trinajstić information content (AvgIpc) is 3.28. The number of rotatable bonds is 6. The fraction of sp³-hybridized carbons (Fsp3) is 0.714. The predicted octanol–water partition coefficient (Wildman–Crippen LogP) is 2.95. The van der Waals surface area contributed by atoms with Gasteiger partial charge in [-0.25, -0.2) is 9.97 Å². The van der Waals surface area contributed by atoms with Crippen LogP contribution in [0.25, 0.3) is 10.2 Å². The molecule has 6 nitrogen and oxygen atoms in total. The van der Waals surface area contributed by atoms with E-state index < -0.39 is 0 Å². The van der Waals surface area contributed by atoms with Gasteiger partial charge in [0, 0.05) is 43.6 Å². The maximum absolute atomic E-state index is 4.98. The smallest absolute Gasteiger partial charge is 0.146 e. The van der Waals surface area contributed by atoms with E-state index in [0.29, 0.717) is 6.04 Å². The van der Waals surface area contributed by atoms with Gasteiger partial charge in [0.15, 0.2) is 0 Å². The number of fused-ring (bicyclic) bond motifs is 1. The Labute approximate surface area is 172 Å². The lowest BCUT2D eigenvalue weighted by Crippen LogP contribution is -2.49. The van der Waals surface area contributed by atoms with Crippen molar-refractivity contribution in [1.29, 1.82) is 0 Å². The first kappa shape index (κ1) is 20.0. The number of thiophene rings is 1. The summed E-state index contributed by atoms with van der Waals surface area (Å²) in [5, 5.41) is 4.92. The molecule has 4 rings (SSSR count). The van der Waals surface area contributed by atoms with E-state index in [0.717, 1.165) is 55.7 Å². The van der Waals surface area contributed by atoms with E-state index in [4.69, 9.17) is 9.97 Å². The Bertz CT molecular complexity index is 805. The van der Waals surface area contributed by atoms with Crippen molar-refractivity contribution < 1.29 is 0 Å². The number of hydrogen-bond acceptors (Lipinski definition) is 7. The summed E-state index contributed by atoms with van der Waals surface area (Å²) < 4.78 is 0. The van der Waals surface area contributed by atoms with Gasteiger partial charge < -0.3 is 10.2 Å². The van der Waals surface area contributed by atoms with Crippen LogP contribution in [0.2, 0.25) is 0 Å². The summed E-state index contributed by atoms with van der Waals surface area (Å²) in [4.78, 5) is 19.9. The molecule has 7 heteroatoms. The molecule has 0 spiro atoms. The second-order valence-electron chi connectivity index (χ2n) is 8.50.